The minimum atomic E-state index is -0.473. The van der Waals surface area contributed by atoms with E-state index >= 15 is 0 Å². The van der Waals surface area contributed by atoms with Gasteiger partial charge in [0.1, 0.15) is 5.82 Å². The zero-order valence-electron chi connectivity index (χ0n) is 9.15. The average Bonchev–Trinajstić information content (AvgIpc) is 2.26. The predicted octanol–water partition coefficient (Wildman–Crippen LogP) is 0.830. The molecule has 1 rings (SSSR count). The number of carbonyl (C=O) groups excluding carboxylic acids is 2. The van der Waals surface area contributed by atoms with Crippen molar-refractivity contribution < 1.29 is 14.0 Å². The van der Waals surface area contributed by atoms with Crippen LogP contribution < -0.4 is 11.1 Å². The summed E-state index contributed by atoms with van der Waals surface area (Å²) in [5, 5.41) is 2.48. The van der Waals surface area contributed by atoms with Gasteiger partial charge in [0.15, 0.2) is 0 Å². The monoisotopic (exact) mass is 236 g/mol. The first-order valence-corrected chi connectivity index (χ1v) is 5.08. The molecule has 0 heterocycles. The molecule has 0 bridgehead atoms. The molecule has 1 aromatic carbocycles. The Hall–Kier alpha value is -2.17. The molecular formula is C12H13FN2O2. The zero-order chi connectivity index (χ0) is 12.7. The highest BCUT2D eigenvalue weighted by molar-refractivity contribution is 5.91. The van der Waals surface area contributed by atoms with Crippen LogP contribution in [0.5, 0.6) is 0 Å². The maximum atomic E-state index is 12.8. The highest BCUT2D eigenvalue weighted by Gasteiger charge is 1.97. The number of primary amides is 1. The highest BCUT2D eigenvalue weighted by Crippen LogP contribution is 2.04. The fraction of sp³-hybridized carbons (Fsp3) is 0.167. The Morgan fingerprint density at radius 1 is 1.41 bits per heavy atom. The fourth-order valence-electron chi connectivity index (χ4n) is 1.15. The van der Waals surface area contributed by atoms with Crippen molar-refractivity contribution in [1.29, 1.82) is 0 Å². The van der Waals surface area contributed by atoms with Crippen LogP contribution in [0.4, 0.5) is 4.39 Å². The molecular weight excluding hydrogens is 223 g/mol. The van der Waals surface area contributed by atoms with Crippen molar-refractivity contribution in [3.8, 4) is 0 Å². The summed E-state index contributed by atoms with van der Waals surface area (Å²) in [6.45, 7) is 0.196. The number of benzene rings is 1. The van der Waals surface area contributed by atoms with Crippen LogP contribution >= 0.6 is 0 Å². The van der Waals surface area contributed by atoms with Crippen LogP contribution in [0.2, 0.25) is 0 Å². The van der Waals surface area contributed by atoms with Gasteiger partial charge >= 0.3 is 0 Å². The summed E-state index contributed by atoms with van der Waals surface area (Å²) < 4.78 is 12.8. The van der Waals surface area contributed by atoms with Gasteiger partial charge in [-0.15, -0.1) is 0 Å². The number of rotatable bonds is 5. The molecule has 0 atom stereocenters. The maximum absolute atomic E-state index is 12.8. The first-order valence-electron chi connectivity index (χ1n) is 5.08. The third-order valence-electron chi connectivity index (χ3n) is 1.95. The lowest BCUT2D eigenvalue weighted by Gasteiger charge is -1.98. The number of nitrogens with one attached hydrogen (secondary N) is 1. The molecule has 17 heavy (non-hydrogen) atoms. The van der Waals surface area contributed by atoms with Gasteiger partial charge in [0.05, 0.1) is 0 Å². The van der Waals surface area contributed by atoms with E-state index in [0.29, 0.717) is 5.56 Å². The van der Waals surface area contributed by atoms with Gasteiger partial charge in [-0.05, 0) is 23.8 Å². The SMILES string of the molecule is NC(=O)CCNC(=O)/C=C/c1cccc(F)c1. The van der Waals surface area contributed by atoms with Crippen LogP contribution in [-0.2, 0) is 9.59 Å². The largest absolute Gasteiger partial charge is 0.370 e. The summed E-state index contributed by atoms with van der Waals surface area (Å²) in [5.41, 5.74) is 5.50. The van der Waals surface area contributed by atoms with Gasteiger partial charge in [-0.2, -0.15) is 0 Å². The second-order valence-corrected chi connectivity index (χ2v) is 3.40. The van der Waals surface area contributed by atoms with Gasteiger partial charge < -0.3 is 11.1 Å². The van der Waals surface area contributed by atoms with Crippen LogP contribution in [-0.4, -0.2) is 18.4 Å². The summed E-state index contributed by atoms with van der Waals surface area (Å²) in [7, 11) is 0. The third-order valence-corrected chi connectivity index (χ3v) is 1.95. The van der Waals surface area contributed by atoms with E-state index in [1.807, 2.05) is 0 Å². The topological polar surface area (TPSA) is 72.2 Å². The normalized spacial score (nSPS) is 10.4. The maximum Gasteiger partial charge on any atom is 0.244 e. The Bertz CT molecular complexity index is 444. The molecule has 4 nitrogen and oxygen atoms in total. The molecule has 90 valence electrons. The second-order valence-electron chi connectivity index (χ2n) is 3.40. The number of nitrogens with two attached hydrogens (primary N) is 1. The van der Waals surface area contributed by atoms with Crippen molar-refractivity contribution in [2.45, 2.75) is 6.42 Å². The van der Waals surface area contributed by atoms with Gasteiger partial charge in [-0.3, -0.25) is 9.59 Å². The summed E-state index contributed by atoms with van der Waals surface area (Å²) in [6.07, 6.45) is 2.86. The van der Waals surface area contributed by atoms with Gasteiger partial charge in [-0.1, -0.05) is 12.1 Å². The molecule has 0 fully saturated rings. The highest BCUT2D eigenvalue weighted by atomic mass is 19.1. The van der Waals surface area contributed by atoms with Gasteiger partial charge in [-0.25, -0.2) is 4.39 Å². The minimum absolute atomic E-state index is 0.0968. The summed E-state index contributed by atoms with van der Waals surface area (Å²) in [4.78, 5) is 21.6. The quantitative estimate of drug-likeness (QED) is 0.743. The van der Waals surface area contributed by atoms with Crippen molar-refractivity contribution in [3.05, 3.63) is 41.7 Å². The van der Waals surface area contributed by atoms with Gasteiger partial charge in [0, 0.05) is 19.0 Å². The van der Waals surface area contributed by atoms with Crippen molar-refractivity contribution >= 4 is 17.9 Å². The van der Waals surface area contributed by atoms with E-state index in [1.54, 1.807) is 12.1 Å². The number of hydrogen-bond donors (Lipinski definition) is 2. The molecule has 3 N–H and O–H groups in total. The molecule has 2 amide bonds. The van der Waals surface area contributed by atoms with E-state index in [0.717, 1.165) is 0 Å². The average molecular weight is 236 g/mol. The molecule has 0 aliphatic rings. The lowest BCUT2D eigenvalue weighted by atomic mass is 10.2. The Balaban J connectivity index is 2.43. The van der Waals surface area contributed by atoms with Crippen molar-refractivity contribution in [2.24, 2.45) is 5.73 Å². The van der Waals surface area contributed by atoms with E-state index in [1.165, 1.54) is 24.3 Å². The van der Waals surface area contributed by atoms with E-state index in [-0.39, 0.29) is 24.7 Å². The van der Waals surface area contributed by atoms with Gasteiger partial charge in [0.2, 0.25) is 11.8 Å². The lowest BCUT2D eigenvalue weighted by molar-refractivity contribution is -0.118. The van der Waals surface area contributed by atoms with Crippen LogP contribution in [0.15, 0.2) is 30.3 Å². The van der Waals surface area contributed by atoms with E-state index < -0.39 is 5.91 Å². The fourth-order valence-corrected chi connectivity index (χ4v) is 1.15. The molecule has 0 unspecified atom stereocenters. The number of halogens is 1. The van der Waals surface area contributed by atoms with Gasteiger partial charge in [0.25, 0.3) is 0 Å². The van der Waals surface area contributed by atoms with Crippen LogP contribution in [0, 0.1) is 5.82 Å². The number of amides is 2. The Kier molecular flexibility index (Phi) is 4.87. The van der Waals surface area contributed by atoms with Crippen LogP contribution in [0.1, 0.15) is 12.0 Å². The van der Waals surface area contributed by atoms with Crippen molar-refractivity contribution in [1.82, 2.24) is 5.32 Å². The third kappa shape index (κ3) is 5.46. The zero-order valence-corrected chi connectivity index (χ0v) is 9.15. The Morgan fingerprint density at radius 2 is 2.18 bits per heavy atom. The predicted molar refractivity (Wildman–Crippen MR) is 62.3 cm³/mol. The molecule has 0 spiro atoms. The molecule has 0 aromatic heterocycles. The Labute approximate surface area is 98.3 Å². The standard InChI is InChI=1S/C12H13FN2O2/c13-10-3-1-2-9(8-10)4-5-12(17)15-7-6-11(14)16/h1-5,8H,6-7H2,(H2,14,16)(H,15,17)/b5-4+. The smallest absolute Gasteiger partial charge is 0.244 e. The molecule has 5 heteroatoms. The second kappa shape index (κ2) is 6.42. The summed E-state index contributed by atoms with van der Waals surface area (Å²) in [6, 6.07) is 5.87. The van der Waals surface area contributed by atoms with Crippen molar-refractivity contribution in [3.63, 3.8) is 0 Å². The minimum Gasteiger partial charge on any atom is -0.370 e. The summed E-state index contributed by atoms with van der Waals surface area (Å²) >= 11 is 0. The first-order chi connectivity index (χ1) is 8.08. The molecule has 0 radical (unpaired) electrons. The van der Waals surface area contributed by atoms with Crippen LogP contribution in [0.25, 0.3) is 6.08 Å². The van der Waals surface area contributed by atoms with E-state index in [4.69, 9.17) is 5.73 Å². The first kappa shape index (κ1) is 12.9. The number of carbonyl (C=O) groups is 2. The molecule has 0 aliphatic carbocycles. The molecule has 1 aromatic rings. The lowest BCUT2D eigenvalue weighted by Crippen LogP contribution is -2.26. The van der Waals surface area contributed by atoms with E-state index in [2.05, 4.69) is 5.32 Å². The molecule has 0 saturated heterocycles. The van der Waals surface area contributed by atoms with Crippen LogP contribution in [0.3, 0.4) is 0 Å². The summed E-state index contributed by atoms with van der Waals surface area (Å²) in [5.74, 6) is -1.18. The molecule has 0 saturated carbocycles. The number of hydrogen-bond acceptors (Lipinski definition) is 2. The van der Waals surface area contributed by atoms with Crippen molar-refractivity contribution in [2.75, 3.05) is 6.54 Å². The Morgan fingerprint density at radius 3 is 2.82 bits per heavy atom. The molecule has 0 aliphatic heterocycles. The van der Waals surface area contributed by atoms with E-state index in [9.17, 15) is 14.0 Å².